The maximum atomic E-state index is 11.9. The molecule has 138 valence electrons. The van der Waals surface area contributed by atoms with Crippen LogP contribution in [-0.4, -0.2) is 86.2 Å². The maximum Gasteiger partial charge on any atom is 0.243 e. The number of aliphatic imine (C=N–C) groups is 1. The maximum absolute atomic E-state index is 11.9. The minimum atomic E-state index is 0. The van der Waals surface area contributed by atoms with Gasteiger partial charge in [0.15, 0.2) is 5.96 Å². The van der Waals surface area contributed by atoms with Crippen molar-refractivity contribution >= 4 is 47.6 Å². The first-order chi connectivity index (χ1) is 11.1. The topological polar surface area (TPSA) is 57.2 Å². The van der Waals surface area contributed by atoms with Crippen molar-refractivity contribution in [2.45, 2.75) is 25.0 Å². The number of guanidine groups is 1. The standard InChI is InChI=1S/C16H28N4O2S.HI/c1-19(2)15(21)8-18-16(17-6-7-23-3)20-9-11-12(10-20)14-5-4-13(11)22-14;/h11-14H,4-10H2,1-3H3,(H,17,18);1H. The van der Waals surface area contributed by atoms with Gasteiger partial charge >= 0.3 is 0 Å². The third-order valence-electron chi connectivity index (χ3n) is 5.20. The summed E-state index contributed by atoms with van der Waals surface area (Å²) in [6.07, 6.45) is 5.43. The van der Waals surface area contributed by atoms with Gasteiger partial charge in [-0.05, 0) is 19.1 Å². The van der Waals surface area contributed by atoms with Crippen LogP contribution in [0.2, 0.25) is 0 Å². The number of fused-ring (bicyclic) bond motifs is 5. The largest absolute Gasteiger partial charge is 0.374 e. The quantitative estimate of drug-likeness (QED) is 0.284. The fourth-order valence-electron chi connectivity index (χ4n) is 3.95. The molecule has 8 heteroatoms. The number of nitrogens with one attached hydrogen (secondary N) is 1. The van der Waals surface area contributed by atoms with Gasteiger partial charge < -0.3 is 19.9 Å². The second kappa shape index (κ2) is 8.93. The minimum absolute atomic E-state index is 0. The summed E-state index contributed by atoms with van der Waals surface area (Å²) in [4.78, 5) is 20.4. The SMILES string of the molecule is CSCCNC(=NCC(=O)N(C)C)N1CC2C3CCC(O3)C2C1.I. The second-order valence-electron chi connectivity index (χ2n) is 6.87. The van der Waals surface area contributed by atoms with Crippen molar-refractivity contribution in [2.75, 3.05) is 52.3 Å². The van der Waals surface area contributed by atoms with Crippen molar-refractivity contribution in [1.82, 2.24) is 15.1 Å². The number of hydrogen-bond acceptors (Lipinski definition) is 4. The van der Waals surface area contributed by atoms with E-state index in [-0.39, 0.29) is 36.4 Å². The molecule has 0 radical (unpaired) electrons. The molecule has 6 nitrogen and oxygen atoms in total. The zero-order chi connectivity index (χ0) is 16.4. The molecule has 3 aliphatic heterocycles. The molecule has 3 fully saturated rings. The fourth-order valence-corrected chi connectivity index (χ4v) is 4.26. The third-order valence-corrected chi connectivity index (χ3v) is 5.82. The molecular weight excluding hydrogens is 439 g/mol. The van der Waals surface area contributed by atoms with Gasteiger partial charge in [-0.3, -0.25) is 4.79 Å². The second-order valence-corrected chi connectivity index (χ2v) is 7.86. The van der Waals surface area contributed by atoms with Crippen LogP contribution in [0.15, 0.2) is 4.99 Å². The number of carbonyl (C=O) groups is 1. The Morgan fingerprint density at radius 2 is 1.92 bits per heavy atom. The molecule has 0 aromatic carbocycles. The van der Waals surface area contributed by atoms with Gasteiger partial charge in [0.2, 0.25) is 5.91 Å². The van der Waals surface area contributed by atoms with Gasteiger partial charge in [-0.15, -0.1) is 24.0 Å². The van der Waals surface area contributed by atoms with Gasteiger partial charge in [0, 0.05) is 51.3 Å². The van der Waals surface area contributed by atoms with Gasteiger partial charge in [-0.1, -0.05) is 0 Å². The molecule has 2 bridgehead atoms. The Morgan fingerprint density at radius 1 is 1.29 bits per heavy atom. The van der Waals surface area contributed by atoms with Crippen LogP contribution in [0.4, 0.5) is 0 Å². The summed E-state index contributed by atoms with van der Waals surface area (Å²) in [7, 11) is 3.54. The van der Waals surface area contributed by atoms with E-state index in [0.717, 1.165) is 31.3 Å². The Kier molecular flexibility index (Phi) is 7.48. The highest BCUT2D eigenvalue weighted by atomic mass is 127. The first-order valence-corrected chi connectivity index (χ1v) is 9.87. The third kappa shape index (κ3) is 4.30. The van der Waals surface area contributed by atoms with E-state index in [1.807, 2.05) is 11.8 Å². The number of thioether (sulfide) groups is 1. The number of likely N-dealkylation sites (tertiary alicyclic amines) is 1. The van der Waals surface area contributed by atoms with E-state index in [0.29, 0.717) is 24.0 Å². The van der Waals surface area contributed by atoms with Gasteiger partial charge in [-0.25, -0.2) is 4.99 Å². The molecule has 3 rings (SSSR count). The Labute approximate surface area is 166 Å². The van der Waals surface area contributed by atoms with Crippen molar-refractivity contribution in [2.24, 2.45) is 16.8 Å². The molecule has 3 saturated heterocycles. The number of hydrogen-bond donors (Lipinski definition) is 1. The summed E-state index contributed by atoms with van der Waals surface area (Å²) < 4.78 is 6.04. The highest BCUT2D eigenvalue weighted by Crippen LogP contribution is 2.47. The Morgan fingerprint density at radius 3 is 2.46 bits per heavy atom. The summed E-state index contributed by atoms with van der Waals surface area (Å²) in [5.41, 5.74) is 0. The van der Waals surface area contributed by atoms with E-state index < -0.39 is 0 Å². The lowest BCUT2D eigenvalue weighted by Gasteiger charge is -2.24. The van der Waals surface area contributed by atoms with Gasteiger partial charge in [0.05, 0.1) is 12.2 Å². The molecule has 0 aromatic rings. The summed E-state index contributed by atoms with van der Waals surface area (Å²) in [5, 5.41) is 3.44. The zero-order valence-corrected chi connectivity index (χ0v) is 17.9. The van der Waals surface area contributed by atoms with Crippen LogP contribution in [0, 0.1) is 11.8 Å². The Balaban J connectivity index is 0.00000208. The molecule has 1 N–H and O–H groups in total. The minimum Gasteiger partial charge on any atom is -0.374 e. The number of halogens is 1. The summed E-state index contributed by atoms with van der Waals surface area (Å²) in [6, 6.07) is 0. The van der Waals surface area contributed by atoms with Crippen LogP contribution < -0.4 is 5.32 Å². The molecular formula is C16H29IN4O2S. The van der Waals surface area contributed by atoms with Crippen LogP contribution in [0.25, 0.3) is 0 Å². The lowest BCUT2D eigenvalue weighted by Crippen LogP contribution is -2.43. The van der Waals surface area contributed by atoms with E-state index in [4.69, 9.17) is 4.74 Å². The predicted octanol–water partition coefficient (Wildman–Crippen LogP) is 1.11. The average molecular weight is 468 g/mol. The van der Waals surface area contributed by atoms with Crippen LogP contribution in [-0.2, 0) is 9.53 Å². The first kappa shape index (κ1) is 20.1. The molecule has 4 unspecified atom stereocenters. The molecule has 0 aromatic heterocycles. The van der Waals surface area contributed by atoms with E-state index in [1.54, 1.807) is 19.0 Å². The number of carbonyl (C=O) groups excluding carboxylic acids is 1. The highest BCUT2D eigenvalue weighted by Gasteiger charge is 2.53. The molecule has 3 heterocycles. The van der Waals surface area contributed by atoms with E-state index in [9.17, 15) is 4.79 Å². The zero-order valence-electron chi connectivity index (χ0n) is 14.7. The molecule has 0 spiro atoms. The smallest absolute Gasteiger partial charge is 0.243 e. The number of likely N-dealkylation sites (N-methyl/N-ethyl adjacent to an activating group) is 1. The van der Waals surface area contributed by atoms with Crippen molar-refractivity contribution < 1.29 is 9.53 Å². The molecule has 24 heavy (non-hydrogen) atoms. The predicted molar refractivity (Wildman–Crippen MR) is 109 cm³/mol. The lowest BCUT2D eigenvalue weighted by atomic mass is 9.82. The van der Waals surface area contributed by atoms with Crippen molar-refractivity contribution in [3.8, 4) is 0 Å². The van der Waals surface area contributed by atoms with E-state index >= 15 is 0 Å². The van der Waals surface area contributed by atoms with Crippen LogP contribution in [0.5, 0.6) is 0 Å². The summed E-state index contributed by atoms with van der Waals surface area (Å²) >= 11 is 1.81. The molecule has 0 saturated carbocycles. The average Bonchev–Trinajstić information content (AvgIpc) is 3.21. The van der Waals surface area contributed by atoms with E-state index in [1.165, 1.54) is 12.8 Å². The molecule has 4 atom stereocenters. The van der Waals surface area contributed by atoms with Gasteiger partial charge in [0.25, 0.3) is 0 Å². The fraction of sp³-hybridized carbons (Fsp3) is 0.875. The normalized spacial score (nSPS) is 31.0. The number of nitrogens with zero attached hydrogens (tertiary/aromatic N) is 3. The number of ether oxygens (including phenoxy) is 1. The Bertz CT molecular complexity index is 459. The van der Waals surface area contributed by atoms with Crippen molar-refractivity contribution in [3.63, 3.8) is 0 Å². The number of amides is 1. The van der Waals surface area contributed by atoms with E-state index in [2.05, 4.69) is 21.5 Å². The lowest BCUT2D eigenvalue weighted by molar-refractivity contribution is -0.127. The van der Waals surface area contributed by atoms with Gasteiger partial charge in [-0.2, -0.15) is 11.8 Å². The molecule has 1 amide bonds. The van der Waals surface area contributed by atoms with Crippen molar-refractivity contribution in [1.29, 1.82) is 0 Å². The van der Waals surface area contributed by atoms with Crippen LogP contribution in [0.3, 0.4) is 0 Å². The number of rotatable bonds is 5. The molecule has 3 aliphatic rings. The summed E-state index contributed by atoms with van der Waals surface area (Å²) in [6.45, 7) is 3.11. The summed E-state index contributed by atoms with van der Waals surface area (Å²) in [5.74, 6) is 3.26. The first-order valence-electron chi connectivity index (χ1n) is 8.48. The molecule has 0 aliphatic carbocycles. The van der Waals surface area contributed by atoms with Crippen molar-refractivity contribution in [3.05, 3.63) is 0 Å². The monoisotopic (exact) mass is 468 g/mol. The van der Waals surface area contributed by atoms with Crippen LogP contribution in [0.1, 0.15) is 12.8 Å². The highest BCUT2D eigenvalue weighted by molar-refractivity contribution is 14.0. The van der Waals surface area contributed by atoms with Crippen LogP contribution >= 0.6 is 35.7 Å². The van der Waals surface area contributed by atoms with Gasteiger partial charge in [0.1, 0.15) is 6.54 Å². The Hall–Kier alpha value is -0.220.